The summed E-state index contributed by atoms with van der Waals surface area (Å²) in [6, 6.07) is 3.85. The first-order chi connectivity index (χ1) is 13.0. The van der Waals surface area contributed by atoms with Crippen molar-refractivity contribution in [2.45, 2.75) is 82.6 Å². The molecule has 160 valence electrons. The van der Waals surface area contributed by atoms with E-state index in [0.717, 1.165) is 11.5 Å². The molecule has 1 heteroatoms. The highest BCUT2D eigenvalue weighted by Gasteiger charge is 2.17. The molecule has 0 aromatic carbocycles. The van der Waals surface area contributed by atoms with Gasteiger partial charge in [0.25, 0.3) is 0 Å². The molecule has 0 bridgehead atoms. The molecule has 0 aliphatic heterocycles. The fourth-order valence-corrected chi connectivity index (χ4v) is 1.54. The molecule has 1 saturated carbocycles. The lowest BCUT2D eigenvalue weighted by molar-refractivity contribution is 0.568. The van der Waals surface area contributed by atoms with Gasteiger partial charge < -0.3 is 0 Å². The van der Waals surface area contributed by atoms with E-state index in [1.807, 2.05) is 12.1 Å². The smallest absolute Gasteiger partial charge is 0.0428 e. The van der Waals surface area contributed by atoms with E-state index in [0.29, 0.717) is 17.8 Å². The Kier molecular flexibility index (Phi) is 15.7. The molecule has 0 unspecified atom stereocenters. The Hall–Kier alpha value is -2.17. The number of pyridine rings is 1. The average Bonchev–Trinajstić information content (AvgIpc) is 3.42. The van der Waals surface area contributed by atoms with Crippen molar-refractivity contribution < 1.29 is 0 Å². The van der Waals surface area contributed by atoms with Crippen LogP contribution in [0.4, 0.5) is 0 Å². The molecule has 1 fully saturated rings. The maximum atomic E-state index is 3.96. The molecule has 29 heavy (non-hydrogen) atoms. The molecular formula is C28H43N. The largest absolute Gasteiger partial charge is 0.263 e. The van der Waals surface area contributed by atoms with Crippen molar-refractivity contribution in [3.63, 3.8) is 0 Å². The highest BCUT2D eigenvalue weighted by atomic mass is 14.6. The summed E-state index contributed by atoms with van der Waals surface area (Å²) in [6.07, 6.45) is 6.22. The second-order valence-corrected chi connectivity index (χ2v) is 9.06. The number of aromatic nitrogens is 1. The molecular weight excluding hydrogens is 350 g/mol. The Morgan fingerprint density at radius 2 is 1.45 bits per heavy atom. The summed E-state index contributed by atoms with van der Waals surface area (Å²) >= 11 is 0. The van der Waals surface area contributed by atoms with Crippen LogP contribution in [-0.4, -0.2) is 4.98 Å². The molecule has 1 aliphatic carbocycles. The van der Waals surface area contributed by atoms with Crippen molar-refractivity contribution >= 4 is 0 Å². The topological polar surface area (TPSA) is 12.9 Å². The molecule has 2 rings (SSSR count). The SMILES string of the molecule is C.CC(C)C#CC(C)(C)C.CC(C)C#CC1CC1.CC(C)C#Cc1cccnc1. The van der Waals surface area contributed by atoms with Crippen molar-refractivity contribution in [3.8, 4) is 35.5 Å². The predicted molar refractivity (Wildman–Crippen MR) is 130 cm³/mol. The summed E-state index contributed by atoms with van der Waals surface area (Å²) in [4.78, 5) is 3.96. The molecule has 1 aromatic rings. The fourth-order valence-electron chi connectivity index (χ4n) is 1.54. The van der Waals surface area contributed by atoms with Gasteiger partial charge >= 0.3 is 0 Å². The van der Waals surface area contributed by atoms with Crippen LogP contribution in [0, 0.1) is 64.6 Å². The summed E-state index contributed by atoms with van der Waals surface area (Å²) in [7, 11) is 0. The Balaban J connectivity index is 0. The van der Waals surface area contributed by atoms with Gasteiger partial charge in [0.2, 0.25) is 0 Å². The molecule has 0 saturated heterocycles. The Morgan fingerprint density at radius 1 is 0.897 bits per heavy atom. The summed E-state index contributed by atoms with van der Waals surface area (Å²) in [5.74, 6) is 21.0. The monoisotopic (exact) mass is 393 g/mol. The van der Waals surface area contributed by atoms with Gasteiger partial charge in [-0.05, 0) is 45.7 Å². The third kappa shape index (κ3) is 23.8. The van der Waals surface area contributed by atoms with Crippen molar-refractivity contribution in [2.24, 2.45) is 29.1 Å². The number of hydrogen-bond donors (Lipinski definition) is 0. The highest BCUT2D eigenvalue weighted by molar-refractivity contribution is 5.31. The molecule has 1 nitrogen and oxygen atoms in total. The normalized spacial score (nSPS) is 11.7. The molecule has 0 radical (unpaired) electrons. The summed E-state index contributed by atoms with van der Waals surface area (Å²) in [5.41, 5.74) is 1.16. The first-order valence-electron chi connectivity index (χ1n) is 10.4. The van der Waals surface area contributed by atoms with Gasteiger partial charge in [0.05, 0.1) is 0 Å². The minimum atomic E-state index is 0. The van der Waals surface area contributed by atoms with Crippen LogP contribution in [0.3, 0.4) is 0 Å². The zero-order chi connectivity index (χ0) is 21.6. The van der Waals surface area contributed by atoms with Crippen LogP contribution >= 0.6 is 0 Å². The lowest BCUT2D eigenvalue weighted by Crippen LogP contribution is -1.99. The van der Waals surface area contributed by atoms with Gasteiger partial charge in [-0.3, -0.25) is 4.98 Å². The van der Waals surface area contributed by atoms with Gasteiger partial charge in [-0.15, -0.1) is 5.92 Å². The lowest BCUT2D eigenvalue weighted by Gasteiger charge is -2.07. The fraction of sp³-hybridized carbons (Fsp3) is 0.607. The van der Waals surface area contributed by atoms with E-state index in [2.05, 4.69) is 103 Å². The van der Waals surface area contributed by atoms with Crippen LogP contribution in [0.1, 0.15) is 88.1 Å². The quantitative estimate of drug-likeness (QED) is 0.416. The van der Waals surface area contributed by atoms with Gasteiger partial charge in [0, 0.05) is 47.0 Å². The second kappa shape index (κ2) is 15.7. The van der Waals surface area contributed by atoms with Gasteiger partial charge in [-0.2, -0.15) is 0 Å². The van der Waals surface area contributed by atoms with E-state index >= 15 is 0 Å². The van der Waals surface area contributed by atoms with Crippen molar-refractivity contribution in [3.05, 3.63) is 30.1 Å². The standard InChI is InChI=1S/C10H11N.C9H16.C8H12.CH4/c1-9(2)5-6-10-4-3-7-11-8-10;1-8(2)6-7-9(3,4)5;1-7(2)3-4-8-5-6-8;/h3-4,7-9H,1-2H3;8H,1-5H3;7-8H,5-6H2,1-2H3;1H4. The summed E-state index contributed by atoms with van der Waals surface area (Å²) < 4.78 is 0. The third-order valence-electron chi connectivity index (χ3n) is 3.06. The van der Waals surface area contributed by atoms with Crippen molar-refractivity contribution in [2.75, 3.05) is 0 Å². The predicted octanol–water partition coefficient (Wildman–Crippen LogP) is 7.47. The molecule has 0 amide bonds. The van der Waals surface area contributed by atoms with Crippen LogP contribution in [0.2, 0.25) is 0 Å². The molecule has 0 N–H and O–H groups in total. The van der Waals surface area contributed by atoms with Crippen LogP contribution < -0.4 is 0 Å². The zero-order valence-electron chi connectivity index (χ0n) is 19.5. The van der Waals surface area contributed by atoms with E-state index in [1.165, 1.54) is 12.8 Å². The summed E-state index contributed by atoms with van der Waals surface area (Å²) in [5, 5.41) is 0. The van der Waals surface area contributed by atoms with E-state index in [9.17, 15) is 0 Å². The third-order valence-corrected chi connectivity index (χ3v) is 3.06. The Bertz CT molecular complexity index is 703. The average molecular weight is 394 g/mol. The first kappa shape index (κ1) is 29.0. The highest BCUT2D eigenvalue weighted by Crippen LogP contribution is 2.27. The van der Waals surface area contributed by atoms with E-state index in [4.69, 9.17) is 0 Å². The van der Waals surface area contributed by atoms with Gasteiger partial charge in [0.1, 0.15) is 0 Å². The number of rotatable bonds is 0. The second-order valence-electron chi connectivity index (χ2n) is 9.06. The zero-order valence-corrected chi connectivity index (χ0v) is 19.5. The molecule has 1 aromatic heterocycles. The van der Waals surface area contributed by atoms with Crippen LogP contribution in [0.5, 0.6) is 0 Å². The minimum Gasteiger partial charge on any atom is -0.263 e. The Labute approximate surface area is 182 Å². The maximum absolute atomic E-state index is 3.96. The van der Waals surface area contributed by atoms with Crippen LogP contribution in [-0.2, 0) is 0 Å². The van der Waals surface area contributed by atoms with Crippen LogP contribution in [0.15, 0.2) is 24.5 Å². The van der Waals surface area contributed by atoms with Gasteiger partial charge in [0.15, 0.2) is 0 Å². The molecule has 1 aliphatic rings. The van der Waals surface area contributed by atoms with Crippen LogP contribution in [0.25, 0.3) is 0 Å². The van der Waals surface area contributed by atoms with Gasteiger partial charge in [-0.1, -0.05) is 78.6 Å². The van der Waals surface area contributed by atoms with E-state index < -0.39 is 0 Å². The van der Waals surface area contributed by atoms with Gasteiger partial charge in [-0.25, -0.2) is 0 Å². The van der Waals surface area contributed by atoms with Crippen molar-refractivity contribution in [1.82, 2.24) is 4.98 Å². The minimum absolute atomic E-state index is 0. The van der Waals surface area contributed by atoms with Crippen molar-refractivity contribution in [1.29, 1.82) is 0 Å². The first-order valence-corrected chi connectivity index (χ1v) is 10.4. The van der Waals surface area contributed by atoms with E-state index in [1.54, 1.807) is 12.4 Å². The van der Waals surface area contributed by atoms with E-state index in [-0.39, 0.29) is 12.8 Å². The number of nitrogens with zero attached hydrogens (tertiary/aromatic N) is 1. The number of hydrogen-bond acceptors (Lipinski definition) is 1. The molecule has 1 heterocycles. The molecule has 0 spiro atoms. The maximum Gasteiger partial charge on any atom is 0.0428 e. The summed E-state index contributed by atoms with van der Waals surface area (Å²) in [6.45, 7) is 19.0. The Morgan fingerprint density at radius 3 is 1.79 bits per heavy atom. The molecule has 0 atom stereocenters. The lowest BCUT2D eigenvalue weighted by atomic mass is 9.97.